The fraction of sp³-hybridized carbons (Fsp3) is 0.857. The van der Waals surface area contributed by atoms with E-state index in [0.29, 0.717) is 0 Å². The van der Waals surface area contributed by atoms with Crippen LogP contribution in [0.15, 0.2) is 0 Å². The summed E-state index contributed by atoms with van der Waals surface area (Å²) in [7, 11) is -5.79. The lowest BCUT2D eigenvalue weighted by atomic mass is 9.90. The SMILES string of the molecule is CC1(C)COC(=O)[C@H]1OS(=O)(=O)C(F)(F)F. The van der Waals surface area contributed by atoms with Crippen LogP contribution >= 0.6 is 0 Å². The van der Waals surface area contributed by atoms with Gasteiger partial charge in [0, 0.05) is 5.41 Å². The topological polar surface area (TPSA) is 69.7 Å². The normalized spacial score (nSPS) is 25.6. The molecule has 1 fully saturated rings. The number of carbonyl (C=O) groups is 1. The van der Waals surface area contributed by atoms with Crippen LogP contribution < -0.4 is 0 Å². The Morgan fingerprint density at radius 3 is 2.25 bits per heavy atom. The molecule has 1 rings (SSSR count). The van der Waals surface area contributed by atoms with Gasteiger partial charge in [0.05, 0.1) is 6.61 Å². The van der Waals surface area contributed by atoms with E-state index < -0.39 is 33.1 Å². The van der Waals surface area contributed by atoms with Crippen molar-refractivity contribution in [1.82, 2.24) is 0 Å². The highest BCUT2D eigenvalue weighted by Gasteiger charge is 2.54. The summed E-state index contributed by atoms with van der Waals surface area (Å²) in [6, 6.07) is 0. The maximum Gasteiger partial charge on any atom is 0.523 e. The van der Waals surface area contributed by atoms with E-state index >= 15 is 0 Å². The van der Waals surface area contributed by atoms with Gasteiger partial charge in [0.2, 0.25) is 0 Å². The van der Waals surface area contributed by atoms with E-state index in [4.69, 9.17) is 0 Å². The van der Waals surface area contributed by atoms with Gasteiger partial charge in [0.15, 0.2) is 6.10 Å². The van der Waals surface area contributed by atoms with Crippen molar-refractivity contribution in [1.29, 1.82) is 0 Å². The molecule has 0 bridgehead atoms. The van der Waals surface area contributed by atoms with Gasteiger partial charge in [0.25, 0.3) is 0 Å². The lowest BCUT2D eigenvalue weighted by molar-refractivity contribution is -0.144. The zero-order valence-electron chi connectivity index (χ0n) is 8.37. The van der Waals surface area contributed by atoms with Gasteiger partial charge in [-0.05, 0) is 0 Å². The molecule has 1 heterocycles. The Balaban J connectivity index is 2.94. The summed E-state index contributed by atoms with van der Waals surface area (Å²) in [6.07, 6.45) is -1.76. The molecule has 16 heavy (non-hydrogen) atoms. The van der Waals surface area contributed by atoms with Crippen LogP contribution in [0.3, 0.4) is 0 Å². The Labute approximate surface area is 89.6 Å². The molecule has 0 aromatic rings. The van der Waals surface area contributed by atoms with Crippen molar-refractivity contribution < 1.29 is 35.3 Å². The molecule has 0 aliphatic carbocycles. The van der Waals surface area contributed by atoms with Crippen LogP contribution in [0.2, 0.25) is 0 Å². The Morgan fingerprint density at radius 1 is 1.44 bits per heavy atom. The summed E-state index contributed by atoms with van der Waals surface area (Å²) in [5.41, 5.74) is -6.67. The van der Waals surface area contributed by atoms with Crippen LogP contribution in [0.4, 0.5) is 13.2 Å². The summed E-state index contributed by atoms with van der Waals surface area (Å²) in [5.74, 6) is -1.11. The van der Waals surface area contributed by atoms with E-state index in [9.17, 15) is 26.4 Å². The van der Waals surface area contributed by atoms with Gasteiger partial charge in [0.1, 0.15) is 0 Å². The molecule has 1 atom stereocenters. The second-order valence-corrected chi connectivity index (χ2v) is 5.54. The molecule has 0 saturated carbocycles. The molecule has 0 unspecified atom stereocenters. The first-order chi connectivity index (χ1) is 6.97. The minimum Gasteiger partial charge on any atom is -0.463 e. The van der Waals surface area contributed by atoms with Crippen molar-refractivity contribution in [2.24, 2.45) is 5.41 Å². The number of cyclic esters (lactones) is 1. The summed E-state index contributed by atoms with van der Waals surface area (Å²) < 4.78 is 65.7. The number of rotatable bonds is 2. The Bertz CT molecular complexity index is 397. The first-order valence-corrected chi connectivity index (χ1v) is 5.54. The predicted octanol–water partition coefficient (Wildman–Crippen LogP) is 0.804. The van der Waals surface area contributed by atoms with Crippen LogP contribution in [0.1, 0.15) is 13.8 Å². The molecular formula is C7H9F3O5S. The Kier molecular flexibility index (Phi) is 2.97. The second-order valence-electron chi connectivity index (χ2n) is 3.97. The van der Waals surface area contributed by atoms with Gasteiger partial charge in [-0.25, -0.2) is 8.98 Å². The predicted molar refractivity (Wildman–Crippen MR) is 44.6 cm³/mol. The number of ether oxygens (including phenoxy) is 1. The van der Waals surface area contributed by atoms with Crippen LogP contribution in [0, 0.1) is 5.41 Å². The number of carbonyl (C=O) groups excluding carboxylic acids is 1. The molecular weight excluding hydrogens is 253 g/mol. The number of esters is 1. The summed E-state index contributed by atoms with van der Waals surface area (Å²) in [6.45, 7) is 2.55. The smallest absolute Gasteiger partial charge is 0.463 e. The minimum absolute atomic E-state index is 0.191. The molecule has 9 heteroatoms. The molecule has 94 valence electrons. The van der Waals surface area contributed by atoms with Crippen molar-refractivity contribution in [2.75, 3.05) is 6.61 Å². The fourth-order valence-electron chi connectivity index (χ4n) is 1.08. The minimum atomic E-state index is -5.79. The number of alkyl halides is 3. The molecule has 0 aromatic carbocycles. The Hall–Kier alpha value is -0.830. The Morgan fingerprint density at radius 2 is 1.94 bits per heavy atom. The van der Waals surface area contributed by atoms with E-state index in [1.807, 2.05) is 0 Å². The number of hydrogen-bond acceptors (Lipinski definition) is 5. The zero-order chi connectivity index (χ0) is 12.8. The van der Waals surface area contributed by atoms with Crippen molar-refractivity contribution in [3.05, 3.63) is 0 Å². The zero-order valence-corrected chi connectivity index (χ0v) is 9.18. The average molecular weight is 262 g/mol. The van der Waals surface area contributed by atoms with E-state index in [0.717, 1.165) is 0 Å². The second kappa shape index (κ2) is 3.59. The largest absolute Gasteiger partial charge is 0.523 e. The van der Waals surface area contributed by atoms with Crippen molar-refractivity contribution in [2.45, 2.75) is 25.5 Å². The highest BCUT2D eigenvalue weighted by molar-refractivity contribution is 7.87. The third-order valence-corrected chi connectivity index (χ3v) is 3.03. The molecule has 5 nitrogen and oxygen atoms in total. The summed E-state index contributed by atoms with van der Waals surface area (Å²) in [4.78, 5) is 11.0. The molecule has 1 aliphatic rings. The summed E-state index contributed by atoms with van der Waals surface area (Å²) in [5, 5.41) is 0. The van der Waals surface area contributed by atoms with Crippen LogP contribution in [-0.4, -0.2) is 32.6 Å². The molecule has 0 aromatic heterocycles. The van der Waals surface area contributed by atoms with E-state index in [1.54, 1.807) is 0 Å². The average Bonchev–Trinajstić information content (AvgIpc) is 2.29. The highest BCUT2D eigenvalue weighted by atomic mass is 32.2. The third-order valence-electron chi connectivity index (χ3n) is 2.02. The molecule has 1 aliphatic heterocycles. The first-order valence-electron chi connectivity index (χ1n) is 4.13. The number of hydrogen-bond donors (Lipinski definition) is 0. The molecule has 1 saturated heterocycles. The third kappa shape index (κ3) is 2.29. The van der Waals surface area contributed by atoms with Crippen LogP contribution in [0.5, 0.6) is 0 Å². The van der Waals surface area contributed by atoms with Gasteiger partial charge in [-0.15, -0.1) is 0 Å². The molecule has 0 radical (unpaired) electrons. The molecule has 0 spiro atoms. The lowest BCUT2D eigenvalue weighted by Gasteiger charge is -2.21. The maximum absolute atomic E-state index is 12.0. The highest BCUT2D eigenvalue weighted by Crippen LogP contribution is 2.35. The van der Waals surface area contributed by atoms with E-state index in [1.165, 1.54) is 13.8 Å². The van der Waals surface area contributed by atoms with E-state index in [-0.39, 0.29) is 6.61 Å². The van der Waals surface area contributed by atoms with Crippen molar-refractivity contribution in [3.8, 4) is 0 Å². The van der Waals surface area contributed by atoms with Gasteiger partial charge in [-0.3, -0.25) is 0 Å². The number of halogens is 3. The van der Waals surface area contributed by atoms with Gasteiger partial charge >= 0.3 is 21.6 Å². The lowest BCUT2D eigenvalue weighted by Crippen LogP contribution is -2.39. The van der Waals surface area contributed by atoms with Crippen molar-refractivity contribution in [3.63, 3.8) is 0 Å². The van der Waals surface area contributed by atoms with Crippen LogP contribution in [-0.2, 0) is 23.8 Å². The molecule has 0 amide bonds. The first kappa shape index (κ1) is 13.2. The van der Waals surface area contributed by atoms with Gasteiger partial charge in [-0.1, -0.05) is 13.8 Å². The monoisotopic (exact) mass is 262 g/mol. The fourth-order valence-corrected chi connectivity index (χ4v) is 1.78. The van der Waals surface area contributed by atoms with E-state index in [2.05, 4.69) is 8.92 Å². The standard InChI is InChI=1S/C7H9F3O5S/c1-6(2)3-14-5(11)4(6)15-16(12,13)7(8,9)10/h4H,3H2,1-2H3/t4-/m1/s1. The van der Waals surface area contributed by atoms with Crippen molar-refractivity contribution >= 4 is 16.1 Å². The quantitative estimate of drug-likeness (QED) is 0.418. The summed E-state index contributed by atoms with van der Waals surface area (Å²) >= 11 is 0. The van der Waals surface area contributed by atoms with Gasteiger partial charge in [-0.2, -0.15) is 21.6 Å². The maximum atomic E-state index is 12.0. The van der Waals surface area contributed by atoms with Gasteiger partial charge < -0.3 is 4.74 Å². The van der Waals surface area contributed by atoms with Crippen LogP contribution in [0.25, 0.3) is 0 Å². The molecule has 0 N–H and O–H groups in total.